The molecule has 28 heavy (non-hydrogen) atoms. The van der Waals surface area contributed by atoms with Crippen molar-refractivity contribution in [1.82, 2.24) is 15.5 Å². The summed E-state index contributed by atoms with van der Waals surface area (Å²) in [5, 5.41) is 6.02. The highest BCUT2D eigenvalue weighted by molar-refractivity contribution is 14.0. The topological polar surface area (TPSA) is 75.2 Å². The average Bonchev–Trinajstić information content (AvgIpc) is 3.18. The molecule has 2 N–H and O–H groups in total. The van der Waals surface area contributed by atoms with Crippen LogP contribution in [0.25, 0.3) is 0 Å². The van der Waals surface area contributed by atoms with Crippen LogP contribution in [0.5, 0.6) is 11.5 Å². The van der Waals surface area contributed by atoms with Gasteiger partial charge in [0.2, 0.25) is 5.91 Å². The fraction of sp³-hybridized carbons (Fsp3) is 0.556. The lowest BCUT2D eigenvalue weighted by Crippen LogP contribution is -2.44. The summed E-state index contributed by atoms with van der Waals surface area (Å²) >= 11 is 0. The molecule has 0 bridgehead atoms. The number of methoxy groups -OCH3 is 1. The Morgan fingerprint density at radius 2 is 2.00 bits per heavy atom. The van der Waals surface area contributed by atoms with E-state index in [4.69, 9.17) is 4.74 Å². The number of halogens is 3. The van der Waals surface area contributed by atoms with Crippen LogP contribution in [0.1, 0.15) is 25.3 Å². The summed E-state index contributed by atoms with van der Waals surface area (Å²) in [6.45, 7) is 1.38. The maximum atomic E-state index is 12.6. The molecule has 0 spiro atoms. The fourth-order valence-corrected chi connectivity index (χ4v) is 2.74. The van der Waals surface area contributed by atoms with Crippen molar-refractivity contribution in [2.24, 2.45) is 4.99 Å². The number of rotatable bonds is 8. The third kappa shape index (κ3) is 7.64. The second-order valence-corrected chi connectivity index (χ2v) is 5.99. The summed E-state index contributed by atoms with van der Waals surface area (Å²) in [5.74, 6) is 0.879. The van der Waals surface area contributed by atoms with Gasteiger partial charge in [0.25, 0.3) is 0 Å². The first kappa shape index (κ1) is 24.2. The van der Waals surface area contributed by atoms with Gasteiger partial charge in [-0.15, -0.1) is 24.0 Å². The molecule has 0 saturated carbocycles. The predicted molar refractivity (Wildman–Crippen MR) is 114 cm³/mol. The Labute approximate surface area is 180 Å². The van der Waals surface area contributed by atoms with Crippen molar-refractivity contribution in [2.45, 2.75) is 32.9 Å². The third-order valence-electron chi connectivity index (χ3n) is 4.11. The Hall–Kier alpha value is -1.85. The van der Waals surface area contributed by atoms with Crippen LogP contribution in [0.15, 0.2) is 23.2 Å². The molecule has 2 rings (SSSR count). The molecule has 0 unspecified atom stereocenters. The van der Waals surface area contributed by atoms with E-state index in [2.05, 4.69) is 20.4 Å². The Morgan fingerprint density at radius 3 is 2.61 bits per heavy atom. The summed E-state index contributed by atoms with van der Waals surface area (Å²) < 4.78 is 34.9. The van der Waals surface area contributed by atoms with Crippen molar-refractivity contribution < 1.29 is 23.0 Å². The van der Waals surface area contributed by atoms with Gasteiger partial charge >= 0.3 is 6.61 Å². The number of nitrogens with zero attached hydrogens (tertiary/aromatic N) is 2. The SMILES string of the molecule is CCNC(=NCc1ccc(OC)cc1OC(F)F)NCC(=O)N1CCCC1.I. The summed E-state index contributed by atoms with van der Waals surface area (Å²) in [6, 6.07) is 4.67. The monoisotopic (exact) mass is 512 g/mol. The van der Waals surface area contributed by atoms with Gasteiger partial charge < -0.3 is 25.0 Å². The highest BCUT2D eigenvalue weighted by Gasteiger charge is 2.18. The molecule has 158 valence electrons. The van der Waals surface area contributed by atoms with E-state index in [0.717, 1.165) is 25.9 Å². The van der Waals surface area contributed by atoms with E-state index < -0.39 is 6.61 Å². The van der Waals surface area contributed by atoms with Crippen molar-refractivity contribution in [2.75, 3.05) is 33.3 Å². The molecular weight excluding hydrogens is 485 g/mol. The smallest absolute Gasteiger partial charge is 0.387 e. The Bertz CT molecular complexity index is 656. The molecule has 1 heterocycles. The number of hydrogen-bond acceptors (Lipinski definition) is 4. The van der Waals surface area contributed by atoms with Crippen LogP contribution in [0, 0.1) is 0 Å². The number of ether oxygens (including phenoxy) is 2. The molecule has 1 aliphatic heterocycles. The second kappa shape index (κ2) is 12.6. The minimum atomic E-state index is -2.94. The number of aliphatic imine (C=N–C) groups is 1. The van der Waals surface area contributed by atoms with Crippen molar-refractivity contribution in [3.63, 3.8) is 0 Å². The number of amides is 1. The standard InChI is InChI=1S/C18H26F2N4O3.HI/c1-3-21-18(23-12-16(25)24-8-4-5-9-24)22-11-13-6-7-14(26-2)10-15(13)27-17(19)20;/h6-7,10,17H,3-5,8-9,11-12H2,1-2H3,(H2,21,22,23);1H. The maximum Gasteiger partial charge on any atom is 0.387 e. The van der Waals surface area contributed by atoms with Crippen molar-refractivity contribution >= 4 is 35.8 Å². The zero-order valence-electron chi connectivity index (χ0n) is 16.0. The lowest BCUT2D eigenvalue weighted by molar-refractivity contribution is -0.128. The quantitative estimate of drug-likeness (QED) is 0.318. The Balaban J connectivity index is 0.00000392. The molecule has 7 nitrogen and oxygen atoms in total. The summed E-state index contributed by atoms with van der Waals surface area (Å²) in [7, 11) is 1.45. The van der Waals surface area contributed by atoms with Crippen LogP contribution in [0.3, 0.4) is 0 Å². The largest absolute Gasteiger partial charge is 0.497 e. The van der Waals surface area contributed by atoms with Crippen LogP contribution in [-0.4, -0.2) is 56.7 Å². The Kier molecular flexibility index (Phi) is 10.9. The second-order valence-electron chi connectivity index (χ2n) is 5.99. The molecule has 1 saturated heterocycles. The summed E-state index contributed by atoms with van der Waals surface area (Å²) in [6.07, 6.45) is 2.06. The lowest BCUT2D eigenvalue weighted by atomic mass is 10.2. The van der Waals surface area contributed by atoms with Crippen LogP contribution < -0.4 is 20.1 Å². The molecule has 1 fully saturated rings. The zero-order valence-corrected chi connectivity index (χ0v) is 18.4. The highest BCUT2D eigenvalue weighted by atomic mass is 127. The van der Waals surface area contributed by atoms with Crippen molar-refractivity contribution in [3.8, 4) is 11.5 Å². The van der Waals surface area contributed by atoms with Crippen molar-refractivity contribution in [1.29, 1.82) is 0 Å². The van der Waals surface area contributed by atoms with Gasteiger partial charge in [0.05, 0.1) is 20.2 Å². The summed E-state index contributed by atoms with van der Waals surface area (Å²) in [5.41, 5.74) is 0.485. The first-order valence-corrected chi connectivity index (χ1v) is 8.95. The first-order chi connectivity index (χ1) is 13.0. The average molecular weight is 512 g/mol. The van der Waals surface area contributed by atoms with Crippen LogP contribution in [0.4, 0.5) is 8.78 Å². The molecule has 0 radical (unpaired) electrons. The molecule has 1 aromatic rings. The molecular formula is C18H27F2IN4O3. The normalized spacial score (nSPS) is 13.9. The van der Waals surface area contributed by atoms with Gasteiger partial charge in [0.15, 0.2) is 5.96 Å². The van der Waals surface area contributed by atoms with Crippen LogP contribution >= 0.6 is 24.0 Å². The fourth-order valence-electron chi connectivity index (χ4n) is 2.74. The number of likely N-dealkylation sites (tertiary alicyclic amines) is 1. The van der Waals surface area contributed by atoms with E-state index in [9.17, 15) is 13.6 Å². The first-order valence-electron chi connectivity index (χ1n) is 8.95. The number of carbonyl (C=O) groups is 1. The molecule has 1 aliphatic rings. The number of alkyl halides is 2. The molecule has 0 aliphatic carbocycles. The zero-order chi connectivity index (χ0) is 19.6. The molecule has 10 heteroatoms. The van der Waals surface area contributed by atoms with Gasteiger partial charge in [-0.05, 0) is 31.9 Å². The number of nitrogens with one attached hydrogen (secondary N) is 2. The minimum Gasteiger partial charge on any atom is -0.497 e. The lowest BCUT2D eigenvalue weighted by Gasteiger charge is -2.17. The molecule has 0 atom stereocenters. The van der Waals surface area contributed by atoms with Crippen LogP contribution in [-0.2, 0) is 11.3 Å². The highest BCUT2D eigenvalue weighted by Crippen LogP contribution is 2.27. The predicted octanol–water partition coefficient (Wildman–Crippen LogP) is 2.59. The summed E-state index contributed by atoms with van der Waals surface area (Å²) in [4.78, 5) is 18.3. The van der Waals surface area contributed by atoms with Gasteiger partial charge in [-0.3, -0.25) is 4.79 Å². The number of hydrogen-bond donors (Lipinski definition) is 2. The van der Waals surface area contributed by atoms with Gasteiger partial charge in [-0.25, -0.2) is 4.99 Å². The number of guanidine groups is 1. The molecule has 1 aromatic carbocycles. The van der Waals surface area contributed by atoms with E-state index in [0.29, 0.717) is 23.8 Å². The number of benzene rings is 1. The number of carbonyl (C=O) groups excluding carboxylic acids is 1. The Morgan fingerprint density at radius 1 is 1.29 bits per heavy atom. The van der Waals surface area contributed by atoms with Crippen LogP contribution in [0.2, 0.25) is 0 Å². The van der Waals surface area contributed by atoms with E-state index in [1.165, 1.54) is 13.2 Å². The van der Waals surface area contributed by atoms with E-state index in [-0.39, 0.29) is 48.7 Å². The third-order valence-corrected chi connectivity index (χ3v) is 4.11. The van der Waals surface area contributed by atoms with Gasteiger partial charge in [0.1, 0.15) is 11.5 Å². The van der Waals surface area contributed by atoms with Gasteiger partial charge in [-0.2, -0.15) is 8.78 Å². The van der Waals surface area contributed by atoms with E-state index >= 15 is 0 Å². The van der Waals surface area contributed by atoms with Crippen molar-refractivity contribution in [3.05, 3.63) is 23.8 Å². The van der Waals surface area contributed by atoms with E-state index in [1.807, 2.05) is 11.8 Å². The van der Waals surface area contributed by atoms with Gasteiger partial charge in [0, 0.05) is 31.3 Å². The maximum absolute atomic E-state index is 12.6. The minimum absolute atomic E-state index is 0. The van der Waals surface area contributed by atoms with E-state index in [1.54, 1.807) is 12.1 Å². The molecule has 1 amide bonds. The van der Waals surface area contributed by atoms with Gasteiger partial charge in [-0.1, -0.05) is 0 Å². The molecule has 0 aromatic heterocycles.